The van der Waals surface area contributed by atoms with E-state index in [9.17, 15) is 299 Å². The van der Waals surface area contributed by atoms with Crippen LogP contribution in [0, 0.1) is 13.3 Å². The molecule has 0 atom stereocenters. The molecule has 0 saturated carbocycles. The monoisotopic (exact) mass is 2280 g/mol. The molecule has 0 aromatic heterocycles. The van der Waals surface area contributed by atoms with Gasteiger partial charge in [-0.25, -0.2) is 0 Å². The molecule has 0 unspecified atom stereocenters. The topological polar surface area (TPSA) is 13.0 Å². The van der Waals surface area contributed by atoms with Crippen molar-refractivity contribution in [1.29, 1.82) is 0 Å². The Labute approximate surface area is 647 Å². The second kappa shape index (κ2) is 33.2. The van der Waals surface area contributed by atoms with E-state index in [1.807, 2.05) is 0 Å². The molecule has 2 heterocycles. The van der Waals surface area contributed by atoms with E-state index in [0.717, 1.165) is 24.1 Å². The van der Waals surface area contributed by atoms with Gasteiger partial charge in [0.15, 0.2) is 0 Å². The summed E-state index contributed by atoms with van der Waals surface area (Å²) in [7, 11) is 0.890. The molecule has 0 saturated heterocycles. The Morgan fingerprint density at radius 1 is 0.157 bits per heavy atom. The van der Waals surface area contributed by atoms with E-state index in [-0.39, 0.29) is 24.8 Å². The molecule has 4 nitrogen and oxygen atoms in total. The van der Waals surface area contributed by atoms with Gasteiger partial charge < -0.3 is 19.6 Å². The maximum absolute atomic E-state index is 14.1. The van der Waals surface area contributed by atoms with E-state index in [1.54, 1.807) is 0 Å². The van der Waals surface area contributed by atoms with Crippen molar-refractivity contribution < 1.29 is 309 Å². The van der Waals surface area contributed by atoms with Crippen LogP contribution in [0.2, 0.25) is 0 Å². The molecule has 121 heavy (non-hydrogen) atoms. The summed E-state index contributed by atoms with van der Waals surface area (Å²) >= 11 is 4.65. The van der Waals surface area contributed by atoms with Crippen LogP contribution in [0.15, 0.2) is 24.8 Å². The van der Waals surface area contributed by atoms with Crippen LogP contribution in [-0.4, -0.2) is 236 Å². The first kappa shape index (κ1) is 117. The molecule has 0 fully saturated rings. The van der Waals surface area contributed by atoms with Crippen LogP contribution >= 0.6 is 39.0 Å². The Kier molecular flexibility index (Phi) is 32.1. The van der Waals surface area contributed by atoms with Gasteiger partial charge in [-0.05, 0) is 0 Å². The predicted octanol–water partition coefficient (Wildman–Crippen LogP) is 25.5. The van der Waals surface area contributed by atoms with Crippen LogP contribution in [0.4, 0.5) is 299 Å². The molecule has 0 bridgehead atoms. The summed E-state index contributed by atoms with van der Waals surface area (Å²) in [6, 6.07) is 0. The van der Waals surface area contributed by atoms with Gasteiger partial charge in [0.1, 0.15) is 0 Å². The van der Waals surface area contributed by atoms with E-state index < -0.39 is 262 Å². The number of hydrogen-bond donors (Lipinski definition) is 0. The number of rotatable bonds is 36. The quantitative estimate of drug-likeness (QED) is 0.0352. The van der Waals surface area contributed by atoms with E-state index >= 15 is 0 Å². The molecule has 0 spiro atoms. The fourth-order valence-electron chi connectivity index (χ4n) is 7.74. The summed E-state index contributed by atoms with van der Waals surface area (Å²) < 4.78 is 909. The van der Waals surface area contributed by atoms with Gasteiger partial charge in [0.2, 0.25) is 13.3 Å². The third-order valence-electron chi connectivity index (χ3n) is 15.2. The Morgan fingerprint density at radius 3 is 0.331 bits per heavy atom. The zero-order valence-corrected chi connectivity index (χ0v) is 59.4. The molecule has 75 heteroatoms. The summed E-state index contributed by atoms with van der Waals surface area (Å²) in [4.78, 5) is -1.80. The van der Waals surface area contributed by atoms with E-state index in [0.29, 0.717) is 0 Å². The van der Waals surface area contributed by atoms with Gasteiger partial charge in [0, 0.05) is 76.7 Å². The fourth-order valence-corrected chi connectivity index (χ4v) is 7.74. The fraction of sp³-hybridized carbons (Fsp3) is 0.870. The molecule has 0 N–H and O–H groups in total. The summed E-state index contributed by atoms with van der Waals surface area (Å²) in [6.45, 7) is -6.90. The Morgan fingerprint density at radius 2 is 0.240 bits per heavy atom. The zero-order valence-electron chi connectivity index (χ0n) is 53.5. The van der Waals surface area contributed by atoms with Gasteiger partial charge in [0.25, 0.3) is 0 Å². The molecule has 2 aliphatic rings. The third-order valence-corrected chi connectivity index (χ3v) is 15.2. The SMILES string of the molecule is FC(F)(F)C(F)(F)C(F)(F)C(F)(F)C(F)(F)C(F)(F)C(F)(F)C(F)(F)CCN1[C]N(CCC(F)(F)C(F)(F)C(F)(F)C(F)(F)C(F)(F)C(F)(F)C(F)(F)C(F)(F)F)C=C1.FC(F)(F)C(F)(F)C(F)(F)C(F)(F)C(F)(F)C(F)(F)C(F)(F)C(F)(F)CCN1[C]N(CCC(F)(F)C(F)(F)C(F)(F)C(F)(F)C(F)(F)C(F)(F)C(F)(F)C(F)(F)F)C=C1.[I][Pd][I]. The van der Waals surface area contributed by atoms with Crippen molar-refractivity contribution in [2.45, 2.75) is 216 Å². The average Bonchev–Trinajstić information content (AvgIpc) is 0.916. The molecule has 4 radical (unpaired) electrons. The molecule has 2 aliphatic heterocycles. The molecule has 0 aromatic carbocycles. The first-order chi connectivity index (χ1) is 51.7. The Balaban J connectivity index is 0.00000230. The number of hydrogen-bond acceptors (Lipinski definition) is 4. The van der Waals surface area contributed by atoms with Gasteiger partial charge in [-0.1, -0.05) is 0 Å². The van der Waals surface area contributed by atoms with Crippen LogP contribution in [0.1, 0.15) is 25.7 Å². The van der Waals surface area contributed by atoms with Crippen molar-refractivity contribution in [3.63, 3.8) is 0 Å². The van der Waals surface area contributed by atoms with Crippen LogP contribution in [0.3, 0.4) is 0 Å². The normalized spacial score (nSPS) is 17.5. The van der Waals surface area contributed by atoms with Crippen LogP contribution < -0.4 is 0 Å². The predicted molar refractivity (Wildman–Crippen MR) is 261 cm³/mol. The standard InChI is InChI=1S/2C23H10F34N2.2HI.Pd/c2*24-8(25,10(28,29)12(32,33)14(36,37)16(40,41)18(44,45)20(48,49)22(52,53)54)1-3-58-5-6-59(7-58)4-2-9(26,27)11(30,31)13(34,35)15(38,39)17(42,43)19(46,47)21(50,51)23(55,56)57;;;/h2*5-6H,1-4H2;2*1H;/q;;;;+2/p-2. The van der Waals surface area contributed by atoms with Gasteiger partial charge in [-0.15, -0.1) is 0 Å². The Hall–Kier alpha value is -3.96. The molecule has 0 aliphatic carbocycles. The van der Waals surface area contributed by atoms with Gasteiger partial charge >= 0.3 is 240 Å². The summed E-state index contributed by atoms with van der Waals surface area (Å²) in [5.74, 6) is -237. The molecular weight excluding hydrogens is 2260 g/mol. The van der Waals surface area contributed by atoms with Crippen molar-refractivity contribution in [2.75, 3.05) is 26.2 Å². The van der Waals surface area contributed by atoms with Crippen LogP contribution in [0.25, 0.3) is 0 Å². The van der Waals surface area contributed by atoms with Crippen molar-refractivity contribution in [3.05, 3.63) is 38.1 Å². The molecule has 2 rings (SSSR count). The van der Waals surface area contributed by atoms with E-state index in [1.165, 1.54) is 0 Å². The molecule has 724 valence electrons. The first-order valence-corrected chi connectivity index (χ1v) is 36.6. The summed E-state index contributed by atoms with van der Waals surface area (Å²) in [5, 5.41) is 0. The summed E-state index contributed by atoms with van der Waals surface area (Å²) in [5.41, 5.74) is 0. The molecule has 0 aromatic rings. The maximum atomic E-state index is 14.1. The average molecular weight is 2280 g/mol. The molecular formula is C46H20F68I2N4Pd. The van der Waals surface area contributed by atoms with Gasteiger partial charge in [-0.2, -0.15) is 299 Å². The van der Waals surface area contributed by atoms with Gasteiger partial charge in [-0.3, -0.25) is 0 Å². The van der Waals surface area contributed by atoms with E-state index in [4.69, 9.17) is 0 Å². The minimum absolute atomic E-state index is 0.0998. The van der Waals surface area contributed by atoms with Crippen molar-refractivity contribution in [2.24, 2.45) is 0 Å². The van der Waals surface area contributed by atoms with Gasteiger partial charge in [0.05, 0.1) is 0 Å². The zero-order chi connectivity index (χ0) is 98.9. The summed E-state index contributed by atoms with van der Waals surface area (Å²) in [6.07, 6.45) is -45.6. The van der Waals surface area contributed by atoms with E-state index in [2.05, 4.69) is 39.0 Å². The van der Waals surface area contributed by atoms with Crippen molar-refractivity contribution >= 4 is 39.0 Å². The first-order valence-electron chi connectivity index (χ1n) is 27.4. The number of nitrogens with zero attached hydrogens (tertiary/aromatic N) is 4. The minimum atomic E-state index is -8.99. The second-order valence-corrected chi connectivity index (χ2v) is 35.2. The third kappa shape index (κ3) is 17.9. The van der Waals surface area contributed by atoms with Crippen LogP contribution in [-0.2, 0) is 10.8 Å². The number of alkyl halides is 68. The van der Waals surface area contributed by atoms with Crippen LogP contribution in [0.5, 0.6) is 0 Å². The Bertz CT molecular complexity index is 3070. The molecule has 0 amide bonds. The van der Waals surface area contributed by atoms with Crippen molar-refractivity contribution in [3.8, 4) is 0 Å². The second-order valence-electron chi connectivity index (χ2n) is 23.2. The number of halogens is 70. The van der Waals surface area contributed by atoms with Crippen molar-refractivity contribution in [1.82, 2.24) is 19.6 Å².